The van der Waals surface area contributed by atoms with Gasteiger partial charge in [0.05, 0.1) is 10.6 Å². The maximum Gasteiger partial charge on any atom is 0.210 e. The lowest BCUT2D eigenvalue weighted by Crippen LogP contribution is -2.14. The van der Waals surface area contributed by atoms with Gasteiger partial charge >= 0.3 is 0 Å². The Hall–Kier alpha value is -2.31. The first-order valence-corrected chi connectivity index (χ1v) is 7.68. The molecule has 21 heavy (non-hydrogen) atoms. The van der Waals surface area contributed by atoms with Gasteiger partial charge in [-0.05, 0) is 18.4 Å². The number of hydrogen-bond donors (Lipinski definition) is 2. The first-order valence-electron chi connectivity index (χ1n) is 5.81. The van der Waals surface area contributed by atoms with Crippen molar-refractivity contribution in [1.82, 2.24) is 14.9 Å². The van der Waals surface area contributed by atoms with Gasteiger partial charge in [0.2, 0.25) is 5.16 Å². The lowest BCUT2D eigenvalue weighted by Gasteiger charge is -2.02. The van der Waals surface area contributed by atoms with Crippen LogP contribution >= 0.6 is 23.1 Å². The molecule has 0 atom stereocenters. The third kappa shape index (κ3) is 3.24. The Bertz CT molecular complexity index is 722. The molecule has 4 N–H and O–H groups in total. The second kappa shape index (κ2) is 6.43. The molecule has 108 valence electrons. The SMILES string of the molecule is CC(N)=C(C#N)C(=O)CSc1nnc(-c2cccs2)n1N. The molecule has 2 aromatic rings. The van der Waals surface area contributed by atoms with Crippen LogP contribution in [-0.2, 0) is 4.79 Å². The second-order valence-electron chi connectivity index (χ2n) is 4.04. The van der Waals surface area contributed by atoms with Gasteiger partial charge in [-0.3, -0.25) is 4.79 Å². The van der Waals surface area contributed by atoms with Gasteiger partial charge in [0.25, 0.3) is 0 Å². The summed E-state index contributed by atoms with van der Waals surface area (Å²) in [5.41, 5.74) is 5.65. The Morgan fingerprint density at radius 1 is 1.57 bits per heavy atom. The normalized spacial score (nSPS) is 11.8. The predicted molar refractivity (Wildman–Crippen MR) is 81.7 cm³/mol. The minimum atomic E-state index is -0.358. The van der Waals surface area contributed by atoms with Gasteiger partial charge in [-0.1, -0.05) is 17.8 Å². The zero-order valence-electron chi connectivity index (χ0n) is 11.1. The maximum atomic E-state index is 11.9. The third-order valence-electron chi connectivity index (χ3n) is 2.52. The molecule has 0 radical (unpaired) electrons. The van der Waals surface area contributed by atoms with E-state index >= 15 is 0 Å². The molecule has 0 aliphatic heterocycles. The minimum Gasteiger partial charge on any atom is -0.401 e. The van der Waals surface area contributed by atoms with Gasteiger partial charge in [-0.2, -0.15) is 5.26 Å². The number of nitrogens with zero attached hydrogens (tertiary/aromatic N) is 4. The average molecular weight is 320 g/mol. The fourth-order valence-corrected chi connectivity index (χ4v) is 2.96. The summed E-state index contributed by atoms with van der Waals surface area (Å²) in [5, 5.41) is 19.1. The van der Waals surface area contributed by atoms with Crippen molar-refractivity contribution in [2.75, 3.05) is 11.6 Å². The van der Waals surface area contributed by atoms with Crippen LogP contribution in [-0.4, -0.2) is 26.4 Å². The van der Waals surface area contributed by atoms with E-state index in [1.807, 2.05) is 17.5 Å². The van der Waals surface area contributed by atoms with E-state index < -0.39 is 0 Å². The number of Topliss-reactive ketones (excluding diaryl/α,β-unsaturated/α-hetero) is 1. The van der Waals surface area contributed by atoms with E-state index in [0.717, 1.165) is 16.6 Å². The van der Waals surface area contributed by atoms with Gasteiger partial charge in [0, 0.05) is 5.70 Å². The van der Waals surface area contributed by atoms with E-state index in [1.54, 1.807) is 6.07 Å². The first kappa shape index (κ1) is 15.1. The zero-order valence-corrected chi connectivity index (χ0v) is 12.7. The molecule has 0 unspecified atom stereocenters. The number of thiophene rings is 1. The summed E-state index contributed by atoms with van der Waals surface area (Å²) >= 11 is 2.61. The highest BCUT2D eigenvalue weighted by atomic mass is 32.2. The zero-order chi connectivity index (χ0) is 15.4. The number of nitriles is 1. The second-order valence-corrected chi connectivity index (χ2v) is 5.93. The summed E-state index contributed by atoms with van der Waals surface area (Å²) in [5.74, 6) is 6.11. The highest BCUT2D eigenvalue weighted by molar-refractivity contribution is 7.99. The molecule has 0 aliphatic carbocycles. The van der Waals surface area contributed by atoms with Crippen molar-refractivity contribution in [2.45, 2.75) is 12.1 Å². The number of nitrogen functional groups attached to an aromatic ring is 1. The fraction of sp³-hybridized carbons (Fsp3) is 0.167. The van der Waals surface area contributed by atoms with Gasteiger partial charge < -0.3 is 11.6 Å². The molecule has 7 nitrogen and oxygen atoms in total. The molecule has 2 heterocycles. The van der Waals surface area contributed by atoms with Crippen LogP contribution in [0.25, 0.3) is 10.7 Å². The highest BCUT2D eigenvalue weighted by Crippen LogP contribution is 2.25. The number of ketones is 1. The topological polar surface area (TPSA) is 124 Å². The molecule has 2 aromatic heterocycles. The molecule has 2 rings (SSSR count). The molecule has 9 heteroatoms. The number of nitrogens with two attached hydrogens (primary N) is 2. The van der Waals surface area contributed by atoms with Crippen LogP contribution in [0.15, 0.2) is 33.9 Å². The van der Waals surface area contributed by atoms with Crippen LogP contribution in [0.5, 0.6) is 0 Å². The fourth-order valence-electron chi connectivity index (χ4n) is 1.52. The van der Waals surface area contributed by atoms with Crippen molar-refractivity contribution in [3.8, 4) is 16.8 Å². The monoisotopic (exact) mass is 320 g/mol. The third-order valence-corrected chi connectivity index (χ3v) is 4.33. The Morgan fingerprint density at radius 3 is 2.90 bits per heavy atom. The smallest absolute Gasteiger partial charge is 0.210 e. The number of carbonyl (C=O) groups excluding carboxylic acids is 1. The maximum absolute atomic E-state index is 11.9. The van der Waals surface area contributed by atoms with Crippen LogP contribution in [0.4, 0.5) is 0 Å². The summed E-state index contributed by atoms with van der Waals surface area (Å²) in [7, 11) is 0. The van der Waals surface area contributed by atoms with E-state index in [2.05, 4.69) is 10.2 Å². The predicted octanol–water partition coefficient (Wildman–Crippen LogP) is 1.14. The average Bonchev–Trinajstić information content (AvgIpc) is 3.06. The van der Waals surface area contributed by atoms with Crippen molar-refractivity contribution in [2.24, 2.45) is 5.73 Å². The van der Waals surface area contributed by atoms with E-state index in [9.17, 15) is 4.79 Å². The van der Waals surface area contributed by atoms with Crippen molar-refractivity contribution in [3.63, 3.8) is 0 Å². The minimum absolute atomic E-state index is 0.0250. The van der Waals surface area contributed by atoms with Crippen molar-refractivity contribution >= 4 is 28.9 Å². The number of hydrogen-bond acceptors (Lipinski definition) is 8. The van der Waals surface area contributed by atoms with Gasteiger partial charge in [-0.25, -0.2) is 4.68 Å². The van der Waals surface area contributed by atoms with Crippen LogP contribution < -0.4 is 11.6 Å². The quantitative estimate of drug-likeness (QED) is 0.366. The van der Waals surface area contributed by atoms with Gasteiger partial charge in [-0.15, -0.1) is 21.5 Å². The van der Waals surface area contributed by atoms with E-state index in [4.69, 9.17) is 16.8 Å². The van der Waals surface area contributed by atoms with Crippen molar-refractivity contribution < 1.29 is 4.79 Å². The molecule has 0 spiro atoms. The lowest BCUT2D eigenvalue weighted by molar-refractivity contribution is -0.112. The first-order chi connectivity index (χ1) is 10.0. The van der Waals surface area contributed by atoms with Gasteiger partial charge in [0.1, 0.15) is 11.6 Å². The molecular formula is C12H12N6OS2. The summed E-state index contributed by atoms with van der Waals surface area (Å²) < 4.78 is 1.33. The summed E-state index contributed by atoms with van der Waals surface area (Å²) in [6.45, 7) is 1.52. The van der Waals surface area contributed by atoms with Gasteiger partial charge in [0.15, 0.2) is 11.6 Å². The summed E-state index contributed by atoms with van der Waals surface area (Å²) in [4.78, 5) is 12.7. The molecule has 0 aromatic carbocycles. The Balaban J connectivity index is 2.11. The molecule has 0 saturated carbocycles. The Kier molecular flexibility index (Phi) is 4.62. The number of aromatic nitrogens is 3. The van der Waals surface area contributed by atoms with Crippen molar-refractivity contribution in [1.29, 1.82) is 5.26 Å². The van der Waals surface area contributed by atoms with Crippen LogP contribution in [0.1, 0.15) is 6.92 Å². The van der Waals surface area contributed by atoms with E-state index in [0.29, 0.717) is 11.0 Å². The molecule has 0 bridgehead atoms. The summed E-state index contributed by atoms with van der Waals surface area (Å²) in [6, 6.07) is 5.57. The highest BCUT2D eigenvalue weighted by Gasteiger charge is 2.16. The van der Waals surface area contributed by atoms with Crippen molar-refractivity contribution in [3.05, 3.63) is 28.8 Å². The molecule has 0 amide bonds. The van der Waals surface area contributed by atoms with Crippen LogP contribution in [0, 0.1) is 11.3 Å². The summed E-state index contributed by atoms with van der Waals surface area (Å²) in [6.07, 6.45) is 0. The van der Waals surface area contributed by atoms with E-state index in [1.165, 1.54) is 22.9 Å². The molecule has 0 fully saturated rings. The molecule has 0 aliphatic rings. The van der Waals surface area contributed by atoms with Crippen LogP contribution in [0.2, 0.25) is 0 Å². The number of allylic oxidation sites excluding steroid dienone is 2. The van der Waals surface area contributed by atoms with E-state index in [-0.39, 0.29) is 22.8 Å². The number of thioether (sulfide) groups is 1. The Labute approximate surface area is 129 Å². The lowest BCUT2D eigenvalue weighted by atomic mass is 10.2. The number of carbonyl (C=O) groups is 1. The largest absolute Gasteiger partial charge is 0.401 e. The Morgan fingerprint density at radius 2 is 2.33 bits per heavy atom. The number of rotatable bonds is 5. The standard InChI is InChI=1S/C12H12N6OS2/c1-7(14)8(5-13)9(19)6-21-12-17-16-11(18(12)15)10-3-2-4-20-10/h2-4H,6,14-15H2,1H3. The molecular weight excluding hydrogens is 308 g/mol. The molecule has 0 saturated heterocycles. The van der Waals surface area contributed by atoms with Crippen LogP contribution in [0.3, 0.4) is 0 Å².